The molecular weight excluding hydrogens is 190 g/mol. The lowest BCUT2D eigenvalue weighted by molar-refractivity contribution is -0.146. The molecule has 5 N–H and O–H groups in total. The molecule has 0 spiro atoms. The Bertz CT molecular complexity index is 179. The van der Waals surface area contributed by atoms with Gasteiger partial charge < -0.3 is 25.5 Å². The number of β-amino-alcohol motifs (C(OH)–C–C–N with tert-alkyl or cyclic N) is 2. The predicted octanol–water partition coefficient (Wildman–Crippen LogP) is -3.26. The molecule has 6 nitrogen and oxygen atoms in total. The molecule has 6 heteroatoms. The van der Waals surface area contributed by atoms with Crippen molar-refractivity contribution in [3.63, 3.8) is 0 Å². The van der Waals surface area contributed by atoms with Gasteiger partial charge >= 0.3 is 0 Å². The maximum absolute atomic E-state index is 9.51. The van der Waals surface area contributed by atoms with Gasteiger partial charge in [0.25, 0.3) is 0 Å². The van der Waals surface area contributed by atoms with E-state index in [-0.39, 0.29) is 26.3 Å². The third kappa shape index (κ3) is 2.22. The van der Waals surface area contributed by atoms with Crippen LogP contribution in [-0.2, 0) is 0 Å². The Morgan fingerprint density at radius 2 is 1.71 bits per heavy atom. The van der Waals surface area contributed by atoms with Crippen LogP contribution in [0.3, 0.4) is 0 Å². The summed E-state index contributed by atoms with van der Waals surface area (Å²) in [6, 6.07) is -0.624. The van der Waals surface area contributed by atoms with Crippen LogP contribution in [0.1, 0.15) is 0 Å². The number of hydrogen-bond acceptors (Lipinski definition) is 6. The monoisotopic (exact) mass is 207 g/mol. The van der Waals surface area contributed by atoms with Crippen molar-refractivity contribution in [2.24, 2.45) is 0 Å². The standard InChI is InChI=1S/C8H17NO5/c10-2-1-9-3-6(12)8(14)7(13)5(9)4-11/h5-8,10-14H,1-4H2/t5-,6-,7+,8-/m1/s1. The first-order valence-electron chi connectivity index (χ1n) is 4.61. The molecule has 84 valence electrons. The maximum Gasteiger partial charge on any atom is 0.109 e. The van der Waals surface area contributed by atoms with E-state index in [2.05, 4.69) is 0 Å². The Hall–Kier alpha value is -0.240. The molecule has 0 saturated carbocycles. The Balaban J connectivity index is 2.66. The minimum atomic E-state index is -1.23. The summed E-state index contributed by atoms with van der Waals surface area (Å²) in [7, 11) is 0. The summed E-state index contributed by atoms with van der Waals surface area (Å²) >= 11 is 0. The second-order valence-corrected chi connectivity index (χ2v) is 3.52. The highest BCUT2D eigenvalue weighted by molar-refractivity contribution is 4.93. The summed E-state index contributed by atoms with van der Waals surface area (Å²) < 4.78 is 0. The van der Waals surface area contributed by atoms with Crippen molar-refractivity contribution in [1.29, 1.82) is 0 Å². The fraction of sp³-hybridized carbons (Fsp3) is 1.00. The second-order valence-electron chi connectivity index (χ2n) is 3.52. The van der Waals surface area contributed by atoms with Gasteiger partial charge in [0.05, 0.1) is 25.4 Å². The van der Waals surface area contributed by atoms with E-state index in [1.807, 2.05) is 0 Å². The molecule has 1 fully saturated rings. The van der Waals surface area contributed by atoms with Gasteiger partial charge in [0, 0.05) is 13.1 Å². The van der Waals surface area contributed by atoms with Crippen LogP contribution >= 0.6 is 0 Å². The molecule has 0 aromatic carbocycles. The molecule has 0 aliphatic carbocycles. The van der Waals surface area contributed by atoms with Gasteiger partial charge in [-0.15, -0.1) is 0 Å². The van der Waals surface area contributed by atoms with E-state index in [0.29, 0.717) is 0 Å². The third-order valence-corrected chi connectivity index (χ3v) is 2.60. The molecule has 0 amide bonds. The third-order valence-electron chi connectivity index (χ3n) is 2.60. The molecule has 1 saturated heterocycles. The summed E-state index contributed by atoms with van der Waals surface area (Å²) in [5.74, 6) is 0. The lowest BCUT2D eigenvalue weighted by Crippen LogP contribution is -2.62. The largest absolute Gasteiger partial charge is 0.395 e. The number of likely N-dealkylation sites (tertiary alicyclic amines) is 1. The first-order chi connectivity index (χ1) is 6.61. The maximum atomic E-state index is 9.51. The molecular formula is C8H17NO5. The van der Waals surface area contributed by atoms with Crippen LogP contribution in [0.2, 0.25) is 0 Å². The van der Waals surface area contributed by atoms with E-state index >= 15 is 0 Å². The van der Waals surface area contributed by atoms with Crippen LogP contribution in [0.15, 0.2) is 0 Å². The Morgan fingerprint density at radius 1 is 1.07 bits per heavy atom. The summed E-state index contributed by atoms with van der Waals surface area (Å²) in [5.41, 5.74) is 0. The molecule has 1 heterocycles. The minimum absolute atomic E-state index is 0.119. The molecule has 0 aromatic rings. The van der Waals surface area contributed by atoms with Crippen molar-refractivity contribution < 1.29 is 25.5 Å². The number of piperidine rings is 1. The highest BCUT2D eigenvalue weighted by atomic mass is 16.4. The van der Waals surface area contributed by atoms with E-state index in [4.69, 9.17) is 10.2 Å². The Morgan fingerprint density at radius 3 is 2.21 bits per heavy atom. The van der Waals surface area contributed by atoms with Gasteiger partial charge in [-0.05, 0) is 0 Å². The number of hydrogen-bond donors (Lipinski definition) is 5. The minimum Gasteiger partial charge on any atom is -0.395 e. The summed E-state index contributed by atoms with van der Waals surface area (Å²) in [6.07, 6.45) is -3.46. The van der Waals surface area contributed by atoms with Gasteiger partial charge in [0.15, 0.2) is 0 Å². The average Bonchev–Trinajstić information content (AvgIpc) is 2.16. The van der Waals surface area contributed by atoms with Crippen molar-refractivity contribution in [3.8, 4) is 0 Å². The molecule has 1 aliphatic heterocycles. The molecule has 0 radical (unpaired) electrons. The van der Waals surface area contributed by atoms with E-state index in [0.717, 1.165) is 0 Å². The van der Waals surface area contributed by atoms with Gasteiger partial charge in [-0.25, -0.2) is 0 Å². The van der Waals surface area contributed by atoms with E-state index in [9.17, 15) is 15.3 Å². The molecule has 0 unspecified atom stereocenters. The van der Waals surface area contributed by atoms with Crippen molar-refractivity contribution in [1.82, 2.24) is 4.90 Å². The Kier molecular flexibility index (Phi) is 4.24. The van der Waals surface area contributed by atoms with Gasteiger partial charge in [-0.2, -0.15) is 0 Å². The molecule has 14 heavy (non-hydrogen) atoms. The lowest BCUT2D eigenvalue weighted by atomic mass is 9.94. The predicted molar refractivity (Wildman–Crippen MR) is 47.6 cm³/mol. The summed E-state index contributed by atoms with van der Waals surface area (Å²) in [6.45, 7) is -0.0347. The zero-order valence-electron chi connectivity index (χ0n) is 7.82. The summed E-state index contributed by atoms with van der Waals surface area (Å²) in [5, 5.41) is 45.9. The number of aliphatic hydroxyl groups is 5. The smallest absolute Gasteiger partial charge is 0.109 e. The van der Waals surface area contributed by atoms with Crippen molar-refractivity contribution in [2.45, 2.75) is 24.4 Å². The van der Waals surface area contributed by atoms with Crippen LogP contribution in [0, 0.1) is 0 Å². The van der Waals surface area contributed by atoms with E-state index in [1.54, 1.807) is 4.90 Å². The molecule has 0 aromatic heterocycles. The van der Waals surface area contributed by atoms with Gasteiger partial charge in [-0.1, -0.05) is 0 Å². The topological polar surface area (TPSA) is 104 Å². The van der Waals surface area contributed by atoms with Crippen LogP contribution in [0.5, 0.6) is 0 Å². The van der Waals surface area contributed by atoms with Crippen molar-refractivity contribution in [3.05, 3.63) is 0 Å². The highest BCUT2D eigenvalue weighted by Crippen LogP contribution is 2.18. The molecule has 1 rings (SSSR count). The van der Waals surface area contributed by atoms with Crippen LogP contribution in [0.25, 0.3) is 0 Å². The van der Waals surface area contributed by atoms with Crippen LogP contribution in [-0.4, -0.2) is 81.1 Å². The van der Waals surface area contributed by atoms with Crippen molar-refractivity contribution in [2.75, 3.05) is 26.3 Å². The summed E-state index contributed by atoms with van der Waals surface area (Å²) in [4.78, 5) is 1.56. The first kappa shape index (κ1) is 11.8. The number of nitrogens with zero attached hydrogens (tertiary/aromatic N) is 1. The number of rotatable bonds is 3. The number of aliphatic hydroxyl groups excluding tert-OH is 5. The second kappa shape index (κ2) is 5.01. The quantitative estimate of drug-likeness (QED) is 0.333. The lowest BCUT2D eigenvalue weighted by Gasteiger charge is -2.42. The zero-order valence-corrected chi connectivity index (χ0v) is 7.82. The normalized spacial score (nSPS) is 40.1. The average molecular weight is 207 g/mol. The van der Waals surface area contributed by atoms with E-state index in [1.165, 1.54) is 0 Å². The molecule has 1 aliphatic rings. The zero-order chi connectivity index (χ0) is 10.7. The van der Waals surface area contributed by atoms with Gasteiger partial charge in [0.2, 0.25) is 0 Å². The SMILES string of the molecule is OCCN1C[C@@H](O)[C@@H](O)[C@@H](O)[C@H]1CO. The van der Waals surface area contributed by atoms with Gasteiger partial charge in [0.1, 0.15) is 12.2 Å². The van der Waals surface area contributed by atoms with E-state index < -0.39 is 24.4 Å². The van der Waals surface area contributed by atoms with Gasteiger partial charge in [-0.3, -0.25) is 4.90 Å². The van der Waals surface area contributed by atoms with Crippen molar-refractivity contribution >= 4 is 0 Å². The van der Waals surface area contributed by atoms with Crippen LogP contribution in [0.4, 0.5) is 0 Å². The fourth-order valence-electron chi connectivity index (χ4n) is 1.76. The fourth-order valence-corrected chi connectivity index (χ4v) is 1.76. The molecule has 4 atom stereocenters. The Labute approximate surface area is 82.0 Å². The first-order valence-corrected chi connectivity index (χ1v) is 4.61. The van der Waals surface area contributed by atoms with Crippen LogP contribution < -0.4 is 0 Å². The molecule has 0 bridgehead atoms. The highest BCUT2D eigenvalue weighted by Gasteiger charge is 2.40.